The Balaban J connectivity index is 0.000000302. The van der Waals surface area contributed by atoms with Crippen LogP contribution in [0.2, 0.25) is 4.34 Å². The third kappa shape index (κ3) is 7.18. The van der Waals surface area contributed by atoms with Gasteiger partial charge < -0.3 is 25.6 Å². The highest BCUT2D eigenvalue weighted by Crippen LogP contribution is 2.29. The Labute approximate surface area is 213 Å². The van der Waals surface area contributed by atoms with Crippen LogP contribution in [0.3, 0.4) is 0 Å². The van der Waals surface area contributed by atoms with Crippen LogP contribution in [-0.2, 0) is 17.6 Å². The van der Waals surface area contributed by atoms with Gasteiger partial charge in [0.2, 0.25) is 0 Å². The molecule has 0 spiro atoms. The molecule has 1 fully saturated rings. The van der Waals surface area contributed by atoms with Crippen LogP contribution in [0.1, 0.15) is 49.5 Å². The molecule has 4 heterocycles. The maximum atomic E-state index is 13.0. The van der Waals surface area contributed by atoms with Crippen LogP contribution in [0.5, 0.6) is 0 Å². The van der Waals surface area contributed by atoms with Gasteiger partial charge in [0.15, 0.2) is 0 Å². The van der Waals surface area contributed by atoms with Gasteiger partial charge in [-0.2, -0.15) is 0 Å². The largest absolute Gasteiger partial charge is 0.447 e. The second kappa shape index (κ2) is 12.5. The summed E-state index contributed by atoms with van der Waals surface area (Å²) in [6, 6.07) is 5.33. The molecule has 8 nitrogen and oxygen atoms in total. The first-order chi connectivity index (χ1) is 16.3. The van der Waals surface area contributed by atoms with Crippen molar-refractivity contribution < 1.29 is 19.1 Å². The highest BCUT2D eigenvalue weighted by molar-refractivity contribution is 7.18. The molecule has 0 aliphatic carbocycles. The van der Waals surface area contributed by atoms with Crippen molar-refractivity contribution >= 4 is 52.2 Å². The van der Waals surface area contributed by atoms with Crippen molar-refractivity contribution in [2.45, 2.75) is 38.6 Å². The molecule has 0 radical (unpaired) electrons. The number of amides is 3. The van der Waals surface area contributed by atoms with Crippen LogP contribution in [0.25, 0.3) is 0 Å². The van der Waals surface area contributed by atoms with Gasteiger partial charge in [0, 0.05) is 31.1 Å². The first-order valence-electron chi connectivity index (χ1n) is 11.3. The van der Waals surface area contributed by atoms with E-state index in [9.17, 15) is 14.4 Å². The molecule has 1 atom stereocenters. The lowest BCUT2D eigenvalue weighted by molar-refractivity contribution is 0.0642. The molecule has 0 aromatic carbocycles. The van der Waals surface area contributed by atoms with Crippen LogP contribution in [-0.4, -0.2) is 73.6 Å². The minimum Gasteiger partial charge on any atom is -0.447 e. The van der Waals surface area contributed by atoms with Gasteiger partial charge in [-0.25, -0.2) is 4.79 Å². The number of carbonyl (C=O) groups excluding carboxylic acids is 3. The Hall–Kier alpha value is -2.14. The highest BCUT2D eigenvalue weighted by Gasteiger charge is 2.32. The van der Waals surface area contributed by atoms with Gasteiger partial charge in [0.25, 0.3) is 11.8 Å². The zero-order chi connectivity index (χ0) is 24.7. The molecule has 3 N–H and O–H groups in total. The summed E-state index contributed by atoms with van der Waals surface area (Å²) in [7, 11) is 2.14. The first kappa shape index (κ1) is 26.5. The number of hydrogen-bond donors (Lipinski definition) is 2. The lowest BCUT2D eigenvalue weighted by Gasteiger charge is -2.24. The SMILES string of the molecule is CCNC(=O)OC[C@@H]1CCCN1C(=O)c1cc2c(s1)CCN(C)CC2.NC(=O)c1ccc(Cl)s1. The van der Waals surface area contributed by atoms with Gasteiger partial charge in [-0.15, -0.1) is 22.7 Å². The van der Waals surface area contributed by atoms with Crippen molar-refractivity contribution in [3.05, 3.63) is 42.7 Å². The van der Waals surface area contributed by atoms with E-state index < -0.39 is 12.0 Å². The number of nitrogens with one attached hydrogen (secondary N) is 1. The van der Waals surface area contributed by atoms with Crippen LogP contribution in [0.15, 0.2) is 18.2 Å². The van der Waals surface area contributed by atoms with Crippen molar-refractivity contribution in [3.63, 3.8) is 0 Å². The van der Waals surface area contributed by atoms with E-state index >= 15 is 0 Å². The first-order valence-corrected chi connectivity index (χ1v) is 13.4. The molecule has 0 saturated carbocycles. The summed E-state index contributed by atoms with van der Waals surface area (Å²) in [6.45, 7) is 5.51. The number of rotatable bonds is 5. The Morgan fingerprint density at radius 1 is 1.18 bits per heavy atom. The molecule has 0 unspecified atom stereocenters. The molecule has 2 aliphatic heterocycles. The van der Waals surface area contributed by atoms with Gasteiger partial charge in [-0.05, 0) is 63.4 Å². The fraction of sp³-hybridized carbons (Fsp3) is 0.522. The summed E-state index contributed by atoms with van der Waals surface area (Å²) in [5.74, 6) is -0.333. The highest BCUT2D eigenvalue weighted by atomic mass is 35.5. The molecule has 4 rings (SSSR count). The van der Waals surface area contributed by atoms with E-state index in [0.29, 0.717) is 15.8 Å². The van der Waals surface area contributed by atoms with Gasteiger partial charge in [-0.3, -0.25) is 9.59 Å². The third-order valence-electron chi connectivity index (χ3n) is 5.77. The average molecular weight is 527 g/mol. The quantitative estimate of drug-likeness (QED) is 0.619. The number of alkyl carbamates (subject to hydrolysis) is 1. The second-order valence-corrected chi connectivity index (χ2v) is 11.1. The molecule has 2 aliphatic rings. The number of likely N-dealkylation sites (N-methyl/N-ethyl adjacent to an activating group) is 1. The predicted octanol–water partition coefficient (Wildman–Crippen LogP) is 3.63. The number of thiophene rings is 2. The summed E-state index contributed by atoms with van der Waals surface area (Å²) < 4.78 is 5.83. The predicted molar refractivity (Wildman–Crippen MR) is 136 cm³/mol. The number of carbonyl (C=O) groups is 3. The van der Waals surface area contributed by atoms with Crippen LogP contribution in [0.4, 0.5) is 4.79 Å². The zero-order valence-corrected chi connectivity index (χ0v) is 21.9. The number of nitrogens with zero attached hydrogens (tertiary/aromatic N) is 2. The minimum atomic E-state index is -0.424. The van der Waals surface area contributed by atoms with E-state index in [1.807, 2.05) is 11.8 Å². The Morgan fingerprint density at radius 3 is 2.59 bits per heavy atom. The topological polar surface area (TPSA) is 105 Å². The molecule has 3 amide bonds. The molecule has 2 aromatic heterocycles. The number of primary amides is 1. The van der Waals surface area contributed by atoms with Gasteiger partial charge >= 0.3 is 6.09 Å². The van der Waals surface area contributed by atoms with Gasteiger partial charge in [-0.1, -0.05) is 11.6 Å². The van der Waals surface area contributed by atoms with Gasteiger partial charge in [0.1, 0.15) is 6.61 Å². The molecule has 186 valence electrons. The number of ether oxygens (including phenoxy) is 1. The van der Waals surface area contributed by atoms with E-state index in [1.54, 1.807) is 23.5 Å². The number of halogens is 1. The maximum absolute atomic E-state index is 13.0. The maximum Gasteiger partial charge on any atom is 0.407 e. The molecular formula is C23H31ClN4O4S2. The molecule has 2 aromatic rings. The average Bonchev–Trinajstić information content (AvgIpc) is 3.53. The van der Waals surface area contributed by atoms with Crippen molar-refractivity contribution in [2.75, 3.05) is 39.8 Å². The Morgan fingerprint density at radius 2 is 1.94 bits per heavy atom. The van der Waals surface area contributed by atoms with Crippen LogP contribution >= 0.6 is 34.3 Å². The standard InChI is InChI=1S/C18H27N3O3S.C5H4ClNOS/c1-3-19-18(23)24-12-14-5-4-8-21(14)17(22)16-11-13-6-9-20(2)10-7-15(13)25-16;6-4-2-1-3(9-4)5(7)8/h11,14H,3-10,12H2,1-2H3,(H,19,23);1-2H,(H2,7,8)/t14-;/m0./s1. The smallest absolute Gasteiger partial charge is 0.407 e. The Bertz CT molecular complexity index is 984. The van der Waals surface area contributed by atoms with Crippen molar-refractivity contribution in [1.82, 2.24) is 15.1 Å². The van der Waals surface area contributed by atoms with Crippen molar-refractivity contribution in [2.24, 2.45) is 5.73 Å². The Kier molecular flexibility index (Phi) is 9.75. The number of nitrogens with two attached hydrogens (primary N) is 1. The summed E-state index contributed by atoms with van der Waals surface area (Å²) in [5, 5.41) is 2.62. The summed E-state index contributed by atoms with van der Waals surface area (Å²) >= 11 is 8.34. The number of fused-ring (bicyclic) bond motifs is 1. The van der Waals surface area contributed by atoms with E-state index in [1.165, 1.54) is 21.8 Å². The minimum absolute atomic E-state index is 0.0110. The molecule has 34 heavy (non-hydrogen) atoms. The molecular weight excluding hydrogens is 496 g/mol. The fourth-order valence-electron chi connectivity index (χ4n) is 3.94. The number of hydrogen-bond acceptors (Lipinski definition) is 7. The summed E-state index contributed by atoms with van der Waals surface area (Å²) in [5.41, 5.74) is 6.27. The second-order valence-electron chi connectivity index (χ2n) is 8.25. The van der Waals surface area contributed by atoms with E-state index in [0.717, 1.165) is 50.2 Å². The normalized spacial score (nSPS) is 17.9. The lowest BCUT2D eigenvalue weighted by Crippen LogP contribution is -2.39. The lowest BCUT2D eigenvalue weighted by atomic mass is 10.1. The molecule has 0 bridgehead atoms. The summed E-state index contributed by atoms with van der Waals surface area (Å²) in [4.78, 5) is 41.8. The van der Waals surface area contributed by atoms with Gasteiger partial charge in [0.05, 0.1) is 20.1 Å². The van der Waals surface area contributed by atoms with Crippen LogP contribution < -0.4 is 11.1 Å². The zero-order valence-electron chi connectivity index (χ0n) is 19.5. The monoisotopic (exact) mass is 526 g/mol. The fourth-order valence-corrected chi connectivity index (χ4v) is 5.99. The van der Waals surface area contributed by atoms with E-state index in [2.05, 4.69) is 23.3 Å². The van der Waals surface area contributed by atoms with Crippen LogP contribution in [0, 0.1) is 0 Å². The summed E-state index contributed by atoms with van der Waals surface area (Å²) in [6.07, 6.45) is 3.48. The molecule has 1 saturated heterocycles. The molecule has 11 heteroatoms. The number of likely N-dealkylation sites (tertiary alicyclic amines) is 1. The van der Waals surface area contributed by atoms with E-state index in [4.69, 9.17) is 22.1 Å². The third-order valence-corrected chi connectivity index (χ3v) is 8.24. The van der Waals surface area contributed by atoms with Crippen molar-refractivity contribution in [1.29, 1.82) is 0 Å². The van der Waals surface area contributed by atoms with E-state index in [-0.39, 0.29) is 18.6 Å². The van der Waals surface area contributed by atoms with Crippen molar-refractivity contribution in [3.8, 4) is 0 Å².